The molecule has 34 nitrogen and oxygen atoms in total. The standard InChI is InChI=1S/C57H89N17O17S4/c1-27(2)13-35(50(83)70-39(23-93)52(85)68-37(15-30-18-61-26-64-30)56(89)74-21-32(76)16-42(74)54(87)72-41(25-95)57(90)91)67-49(82)34(7-5-6-12-58)66-51(84)36(14-29-8-10-31(75)11-9-29)65-44(78)19-63-48(81)38(22-92)69-53(86)40(24-94)71-55(88)46(28(3)4)73-45(79)20-62-47(80)33(59)17-43(60)77/h8-11,18,26-28,32-42,46,75-76,92-95H,5-7,12-17,19-25,58-59H2,1-4H3,(H2,60,77)(H,61,64)(H,62,80)(H,63,81)(H,65,78)(H,66,84)(H,67,82)(H,68,85)(H,69,86)(H,70,83)(H,71,88)(H,72,87)(H,73,79)(H,90,91)/t32?,33-,34-,35-,36-,37-,38-,39-,40-,41-,42-,46-/m0/s1. The monoisotopic (exact) mass is 1410 g/mol. The summed E-state index contributed by atoms with van der Waals surface area (Å²) in [7, 11) is 0. The fourth-order valence-corrected chi connectivity index (χ4v) is 10.4. The molecular formula is C57H89N17O17S4. The van der Waals surface area contributed by atoms with Crippen LogP contribution in [0.3, 0.4) is 0 Å². The Hall–Kier alpha value is -7.91. The number of carboxylic acid groups (broad SMARTS) is 1. The van der Waals surface area contributed by atoms with Crippen molar-refractivity contribution in [1.29, 1.82) is 0 Å². The number of carbonyl (C=O) groups excluding carboxylic acids is 13. The topological polar surface area (TPSA) is 542 Å². The van der Waals surface area contributed by atoms with E-state index < -0.39 is 181 Å². The van der Waals surface area contributed by atoms with Crippen molar-refractivity contribution in [3.05, 3.63) is 48.0 Å². The predicted molar refractivity (Wildman–Crippen MR) is 356 cm³/mol. The number of aromatic hydroxyl groups is 1. The lowest BCUT2D eigenvalue weighted by Gasteiger charge is -2.30. The Bertz CT molecular complexity index is 2970. The first kappa shape index (κ1) is 81.3. The van der Waals surface area contributed by atoms with E-state index in [0.717, 1.165) is 4.90 Å². The van der Waals surface area contributed by atoms with Gasteiger partial charge in [-0.1, -0.05) is 39.8 Å². The molecule has 528 valence electrons. The number of carboxylic acids is 1. The predicted octanol–water partition coefficient (Wildman–Crippen LogP) is -6.70. The number of aliphatic hydroxyl groups excluding tert-OH is 1. The molecule has 38 heteroatoms. The molecule has 1 aliphatic rings. The number of aliphatic hydroxyl groups is 1. The minimum atomic E-state index is -1.48. The van der Waals surface area contributed by atoms with Gasteiger partial charge < -0.3 is 101 Å². The maximum absolute atomic E-state index is 14.4. The number of hydrogen-bond acceptors (Lipinski definition) is 23. The normalized spacial score (nSPS) is 16.7. The van der Waals surface area contributed by atoms with Gasteiger partial charge in [0.2, 0.25) is 76.8 Å². The smallest absolute Gasteiger partial charge is 0.327 e. The molecule has 1 unspecified atom stereocenters. The summed E-state index contributed by atoms with van der Waals surface area (Å²) in [5, 5.41) is 57.4. The molecule has 21 N–H and O–H groups in total. The van der Waals surface area contributed by atoms with Gasteiger partial charge >= 0.3 is 5.97 Å². The summed E-state index contributed by atoms with van der Waals surface area (Å²) in [4.78, 5) is 194. The van der Waals surface area contributed by atoms with Crippen LogP contribution in [-0.2, 0) is 80.0 Å². The van der Waals surface area contributed by atoms with Gasteiger partial charge in [0.25, 0.3) is 0 Å². The molecule has 12 atom stereocenters. The molecule has 0 aliphatic carbocycles. The summed E-state index contributed by atoms with van der Waals surface area (Å²) in [6.45, 7) is 5.10. The molecule has 1 aromatic heterocycles. The minimum Gasteiger partial charge on any atom is -0.508 e. The summed E-state index contributed by atoms with van der Waals surface area (Å²) in [6, 6.07) is -9.74. The van der Waals surface area contributed by atoms with Crippen LogP contribution in [0.2, 0.25) is 0 Å². The van der Waals surface area contributed by atoms with Crippen molar-refractivity contribution in [2.24, 2.45) is 29.0 Å². The van der Waals surface area contributed by atoms with Crippen LogP contribution in [0, 0.1) is 11.8 Å². The Morgan fingerprint density at radius 2 is 1.13 bits per heavy atom. The molecule has 1 aliphatic heterocycles. The van der Waals surface area contributed by atoms with Gasteiger partial charge in [0.15, 0.2) is 0 Å². The largest absolute Gasteiger partial charge is 0.508 e. The van der Waals surface area contributed by atoms with Crippen LogP contribution in [0.4, 0.5) is 0 Å². The Morgan fingerprint density at radius 1 is 0.621 bits per heavy atom. The number of β-amino-alcohol motifs (C(OH)–C–C–N with tert-alkyl or cyclic N) is 1. The third-order valence-electron chi connectivity index (χ3n) is 14.5. The number of hydrogen-bond donors (Lipinski definition) is 22. The first-order valence-electron chi connectivity index (χ1n) is 30.3. The Balaban J connectivity index is 1.79. The Morgan fingerprint density at radius 3 is 1.65 bits per heavy atom. The molecule has 3 rings (SSSR count). The summed E-state index contributed by atoms with van der Waals surface area (Å²) in [6.07, 6.45) is 0.908. The van der Waals surface area contributed by atoms with Gasteiger partial charge in [0.05, 0.1) is 38.0 Å². The van der Waals surface area contributed by atoms with Crippen molar-refractivity contribution in [2.75, 3.05) is 49.2 Å². The maximum atomic E-state index is 14.4. The SMILES string of the molecule is CC(C)C[C@H](NC(=O)[C@H](CCCCN)NC(=O)[C@H](Cc1ccc(O)cc1)NC(=O)CNC(=O)[C@H](CS)NC(=O)[C@H](CS)NC(=O)[C@@H](NC(=O)CNC(=O)[C@@H](N)CC(N)=O)C(C)C)C(=O)N[C@@H](CS)C(=O)N[C@@H](Cc1cnc[nH]1)C(=O)N1CC(O)C[C@H]1C(=O)N[C@@H](CS)C(=O)O. The number of primary amides is 1. The minimum absolute atomic E-state index is 0.0146. The zero-order valence-corrected chi connectivity index (χ0v) is 56.4. The van der Waals surface area contributed by atoms with E-state index in [1.807, 2.05) is 0 Å². The third-order valence-corrected chi connectivity index (χ3v) is 16.0. The highest BCUT2D eigenvalue weighted by Gasteiger charge is 2.43. The van der Waals surface area contributed by atoms with Crippen LogP contribution in [-0.4, -0.2) is 235 Å². The number of nitrogens with two attached hydrogens (primary N) is 3. The number of unbranched alkanes of at least 4 members (excludes halogenated alkanes) is 1. The Kier molecular flexibility index (Phi) is 35.2. The zero-order valence-electron chi connectivity index (χ0n) is 52.8. The number of benzene rings is 1. The van der Waals surface area contributed by atoms with E-state index >= 15 is 0 Å². The Labute approximate surface area is 570 Å². The fourth-order valence-electron chi connectivity index (χ4n) is 9.43. The average molecular weight is 1410 g/mol. The van der Waals surface area contributed by atoms with E-state index in [4.69, 9.17) is 17.2 Å². The van der Waals surface area contributed by atoms with Crippen molar-refractivity contribution < 1.29 is 82.4 Å². The van der Waals surface area contributed by atoms with E-state index in [-0.39, 0.29) is 86.3 Å². The van der Waals surface area contributed by atoms with E-state index in [1.54, 1.807) is 27.7 Å². The first-order valence-corrected chi connectivity index (χ1v) is 32.8. The molecule has 1 saturated heterocycles. The van der Waals surface area contributed by atoms with E-state index in [0.29, 0.717) is 17.7 Å². The van der Waals surface area contributed by atoms with Gasteiger partial charge in [-0.3, -0.25) is 62.3 Å². The number of carbonyl (C=O) groups is 14. The van der Waals surface area contributed by atoms with Gasteiger partial charge in [-0.25, -0.2) is 9.78 Å². The lowest BCUT2D eigenvalue weighted by Crippen LogP contribution is -2.61. The number of aliphatic carboxylic acids is 1. The van der Waals surface area contributed by atoms with Crippen molar-refractivity contribution in [3.63, 3.8) is 0 Å². The van der Waals surface area contributed by atoms with Gasteiger partial charge in [0.1, 0.15) is 66.2 Å². The molecule has 95 heavy (non-hydrogen) atoms. The molecule has 0 bridgehead atoms. The quantitative estimate of drug-likeness (QED) is 0.0217. The van der Waals surface area contributed by atoms with Gasteiger partial charge in [-0.05, 0) is 61.8 Å². The molecule has 1 fully saturated rings. The highest BCUT2D eigenvalue weighted by atomic mass is 32.1. The number of amides is 13. The van der Waals surface area contributed by atoms with Gasteiger partial charge in [-0.2, -0.15) is 50.5 Å². The molecule has 13 amide bonds. The maximum Gasteiger partial charge on any atom is 0.327 e. The van der Waals surface area contributed by atoms with Crippen molar-refractivity contribution in [3.8, 4) is 5.75 Å². The second-order valence-electron chi connectivity index (χ2n) is 23.1. The summed E-state index contributed by atoms with van der Waals surface area (Å²) < 4.78 is 0. The molecule has 2 aromatic rings. The zero-order chi connectivity index (χ0) is 71.2. The van der Waals surface area contributed by atoms with Crippen LogP contribution in [0.1, 0.15) is 77.5 Å². The van der Waals surface area contributed by atoms with E-state index in [9.17, 15) is 82.4 Å². The number of rotatable bonds is 41. The van der Waals surface area contributed by atoms with Crippen LogP contribution < -0.4 is 75.7 Å². The molecule has 0 saturated carbocycles. The van der Waals surface area contributed by atoms with Crippen molar-refractivity contribution >= 4 is 133 Å². The number of likely N-dealkylation sites (tertiary alicyclic amines) is 1. The second kappa shape index (κ2) is 41.1. The molecule has 0 radical (unpaired) electrons. The van der Waals surface area contributed by atoms with Crippen molar-refractivity contribution in [2.45, 2.75) is 152 Å². The number of thiol groups is 4. The first-order chi connectivity index (χ1) is 44.9. The summed E-state index contributed by atoms with van der Waals surface area (Å²) >= 11 is 16.6. The summed E-state index contributed by atoms with van der Waals surface area (Å²) in [5.74, 6) is -15.0. The number of H-pyrrole nitrogens is 1. The van der Waals surface area contributed by atoms with Gasteiger partial charge in [-0.15, -0.1) is 0 Å². The number of phenolic OH excluding ortho intramolecular Hbond substituents is 1. The molecule has 0 spiro atoms. The molecule has 2 heterocycles. The number of aromatic amines is 1. The summed E-state index contributed by atoms with van der Waals surface area (Å²) in [5.41, 5.74) is 17.2. The molecular weight excluding hydrogens is 1320 g/mol. The van der Waals surface area contributed by atoms with Gasteiger partial charge in [0, 0.05) is 60.7 Å². The van der Waals surface area contributed by atoms with Crippen LogP contribution in [0.15, 0.2) is 36.8 Å². The fraction of sp³-hybridized carbons (Fsp3) is 0.596. The third kappa shape index (κ3) is 27.8. The second-order valence-corrected chi connectivity index (χ2v) is 24.5. The number of aromatic nitrogens is 2. The van der Waals surface area contributed by atoms with Crippen LogP contribution in [0.5, 0.6) is 5.75 Å². The lowest BCUT2D eigenvalue weighted by atomic mass is 10.0. The average Bonchev–Trinajstić information content (AvgIpc) is 1.71. The number of nitrogens with zero attached hydrogens (tertiary/aromatic N) is 2. The lowest BCUT2D eigenvalue weighted by molar-refractivity contribution is -0.144. The number of imidazole rings is 1. The number of phenols is 1. The van der Waals surface area contributed by atoms with Crippen molar-refractivity contribution in [1.82, 2.24) is 73.4 Å². The highest BCUT2D eigenvalue weighted by Crippen LogP contribution is 2.21. The van der Waals surface area contributed by atoms with E-state index in [1.165, 1.54) is 36.8 Å². The van der Waals surface area contributed by atoms with Crippen LogP contribution >= 0.6 is 50.5 Å². The molecule has 1 aromatic carbocycles. The van der Waals surface area contributed by atoms with Crippen LogP contribution in [0.25, 0.3) is 0 Å². The van der Waals surface area contributed by atoms with E-state index in [2.05, 4.69) is 119 Å². The number of nitrogens with one attached hydrogen (secondary N) is 12. The highest BCUT2D eigenvalue weighted by molar-refractivity contribution is 7.80.